The van der Waals surface area contributed by atoms with Crippen LogP contribution in [0.25, 0.3) is 0 Å². The van der Waals surface area contributed by atoms with Crippen molar-refractivity contribution in [3.05, 3.63) is 29.8 Å². The van der Waals surface area contributed by atoms with E-state index in [-0.39, 0.29) is 18.1 Å². The number of hydrogen-bond donors (Lipinski definition) is 1. The molecular formula is C14H21NO3. The first-order valence-electron chi connectivity index (χ1n) is 6.10. The molecule has 18 heavy (non-hydrogen) atoms. The number of hydrogen-bond acceptors (Lipinski definition) is 4. The molecular weight excluding hydrogens is 230 g/mol. The van der Waals surface area contributed by atoms with Crippen molar-refractivity contribution in [2.45, 2.75) is 32.4 Å². The Morgan fingerprint density at radius 1 is 1.28 bits per heavy atom. The van der Waals surface area contributed by atoms with Gasteiger partial charge in [0, 0.05) is 6.04 Å². The molecule has 4 heteroatoms. The smallest absolute Gasteiger partial charge is 0.322 e. The van der Waals surface area contributed by atoms with Gasteiger partial charge in [0.2, 0.25) is 0 Å². The molecule has 0 aromatic heterocycles. The molecule has 0 saturated heterocycles. The minimum absolute atomic E-state index is 0.0833. The van der Waals surface area contributed by atoms with Crippen LogP contribution in [-0.4, -0.2) is 26.2 Å². The number of rotatable bonds is 6. The molecule has 100 valence electrons. The van der Waals surface area contributed by atoms with Crippen LogP contribution in [0.2, 0.25) is 0 Å². The van der Waals surface area contributed by atoms with Gasteiger partial charge in [-0.25, -0.2) is 0 Å². The van der Waals surface area contributed by atoms with Gasteiger partial charge in [0.05, 0.1) is 14.2 Å². The number of methoxy groups -OCH3 is 2. The molecule has 0 spiro atoms. The third-order valence-electron chi connectivity index (χ3n) is 2.96. The quantitative estimate of drug-likeness (QED) is 0.788. The predicted octanol–water partition coefficient (Wildman–Crippen LogP) is 2.30. The molecule has 1 N–H and O–H groups in total. The van der Waals surface area contributed by atoms with Crippen LogP contribution in [0.15, 0.2) is 24.3 Å². The van der Waals surface area contributed by atoms with Crippen LogP contribution in [0.4, 0.5) is 0 Å². The van der Waals surface area contributed by atoms with Gasteiger partial charge in [0.1, 0.15) is 11.8 Å². The number of esters is 1. The topological polar surface area (TPSA) is 47.6 Å². The second kappa shape index (κ2) is 7.01. The Labute approximate surface area is 108 Å². The van der Waals surface area contributed by atoms with Crippen molar-refractivity contribution in [1.29, 1.82) is 0 Å². The Morgan fingerprint density at radius 3 is 2.33 bits per heavy atom. The largest absolute Gasteiger partial charge is 0.497 e. The molecule has 2 atom stereocenters. The normalized spacial score (nSPS) is 13.8. The molecule has 0 amide bonds. The predicted molar refractivity (Wildman–Crippen MR) is 70.6 cm³/mol. The Hall–Kier alpha value is -1.55. The van der Waals surface area contributed by atoms with E-state index in [0.29, 0.717) is 6.42 Å². The van der Waals surface area contributed by atoms with E-state index in [1.54, 1.807) is 7.11 Å². The van der Waals surface area contributed by atoms with E-state index >= 15 is 0 Å². The molecule has 1 rings (SSSR count). The van der Waals surface area contributed by atoms with Crippen molar-refractivity contribution in [3.63, 3.8) is 0 Å². The molecule has 1 aromatic rings. The molecule has 0 heterocycles. The number of ether oxygens (including phenoxy) is 2. The molecule has 0 aliphatic rings. The molecule has 1 unspecified atom stereocenters. The Morgan fingerprint density at radius 2 is 1.89 bits per heavy atom. The standard InChI is InChI=1S/C14H21NO3/c1-5-13(14(16)18-4)15-10(2)11-6-8-12(17-3)9-7-11/h6-10,13,15H,5H2,1-4H3/t10-,13?/m1/s1. The first-order chi connectivity index (χ1) is 8.62. The summed E-state index contributed by atoms with van der Waals surface area (Å²) in [6.45, 7) is 3.97. The Bertz CT molecular complexity index is 375. The maximum Gasteiger partial charge on any atom is 0.322 e. The fourth-order valence-corrected chi connectivity index (χ4v) is 1.79. The Balaban J connectivity index is 2.68. The summed E-state index contributed by atoms with van der Waals surface area (Å²) in [5.74, 6) is 0.601. The van der Waals surface area contributed by atoms with Crippen LogP contribution < -0.4 is 10.1 Å². The highest BCUT2D eigenvalue weighted by Crippen LogP contribution is 2.18. The van der Waals surface area contributed by atoms with Crippen LogP contribution in [0.1, 0.15) is 31.9 Å². The highest BCUT2D eigenvalue weighted by molar-refractivity contribution is 5.75. The van der Waals surface area contributed by atoms with E-state index in [1.165, 1.54) is 7.11 Å². The van der Waals surface area contributed by atoms with Crippen molar-refractivity contribution < 1.29 is 14.3 Å². The van der Waals surface area contributed by atoms with Gasteiger partial charge in [-0.1, -0.05) is 19.1 Å². The molecule has 0 bridgehead atoms. The Kier molecular flexibility index (Phi) is 5.65. The van der Waals surface area contributed by atoms with Gasteiger partial charge in [-0.3, -0.25) is 10.1 Å². The van der Waals surface area contributed by atoms with Crippen molar-refractivity contribution in [1.82, 2.24) is 5.32 Å². The van der Waals surface area contributed by atoms with E-state index in [0.717, 1.165) is 11.3 Å². The van der Waals surface area contributed by atoms with Crippen LogP contribution in [-0.2, 0) is 9.53 Å². The average molecular weight is 251 g/mol. The molecule has 0 aliphatic carbocycles. The summed E-state index contributed by atoms with van der Waals surface area (Å²) in [4.78, 5) is 11.5. The molecule has 1 aromatic carbocycles. The summed E-state index contributed by atoms with van der Waals surface area (Å²) >= 11 is 0. The van der Waals surface area contributed by atoms with Gasteiger partial charge in [-0.05, 0) is 31.0 Å². The van der Waals surface area contributed by atoms with E-state index in [1.807, 2.05) is 38.1 Å². The lowest BCUT2D eigenvalue weighted by molar-refractivity contribution is -0.143. The maximum atomic E-state index is 11.5. The van der Waals surface area contributed by atoms with Crippen LogP contribution >= 0.6 is 0 Å². The van der Waals surface area contributed by atoms with Gasteiger partial charge < -0.3 is 9.47 Å². The second-order valence-corrected chi connectivity index (χ2v) is 4.15. The van der Waals surface area contributed by atoms with Crippen molar-refractivity contribution in [3.8, 4) is 5.75 Å². The van der Waals surface area contributed by atoms with Gasteiger partial charge in [-0.15, -0.1) is 0 Å². The molecule has 0 aliphatic heterocycles. The zero-order valence-electron chi connectivity index (χ0n) is 11.4. The zero-order valence-corrected chi connectivity index (χ0v) is 11.4. The molecule has 0 saturated carbocycles. The van der Waals surface area contributed by atoms with Crippen molar-refractivity contribution >= 4 is 5.97 Å². The zero-order chi connectivity index (χ0) is 13.5. The minimum atomic E-state index is -0.271. The number of benzene rings is 1. The van der Waals surface area contributed by atoms with E-state index < -0.39 is 0 Å². The SMILES string of the molecule is CCC(N[C@H](C)c1ccc(OC)cc1)C(=O)OC. The fraction of sp³-hybridized carbons (Fsp3) is 0.500. The first kappa shape index (κ1) is 14.5. The number of carbonyl (C=O) groups excluding carboxylic acids is 1. The van der Waals surface area contributed by atoms with Gasteiger partial charge in [-0.2, -0.15) is 0 Å². The molecule has 0 fully saturated rings. The van der Waals surface area contributed by atoms with Crippen LogP contribution in [0, 0.1) is 0 Å². The third-order valence-corrected chi connectivity index (χ3v) is 2.96. The summed E-state index contributed by atoms with van der Waals surface area (Å²) < 4.78 is 9.87. The molecule has 4 nitrogen and oxygen atoms in total. The summed E-state index contributed by atoms with van der Waals surface area (Å²) in [7, 11) is 3.05. The maximum absolute atomic E-state index is 11.5. The third kappa shape index (κ3) is 3.74. The lowest BCUT2D eigenvalue weighted by Gasteiger charge is -2.20. The lowest BCUT2D eigenvalue weighted by Crippen LogP contribution is -2.38. The van der Waals surface area contributed by atoms with Crippen molar-refractivity contribution in [2.75, 3.05) is 14.2 Å². The fourth-order valence-electron chi connectivity index (χ4n) is 1.79. The second-order valence-electron chi connectivity index (χ2n) is 4.15. The minimum Gasteiger partial charge on any atom is -0.497 e. The average Bonchev–Trinajstić information content (AvgIpc) is 2.43. The monoisotopic (exact) mass is 251 g/mol. The summed E-state index contributed by atoms with van der Waals surface area (Å²) in [6, 6.07) is 7.60. The lowest BCUT2D eigenvalue weighted by atomic mass is 10.1. The van der Waals surface area contributed by atoms with Crippen molar-refractivity contribution in [2.24, 2.45) is 0 Å². The van der Waals surface area contributed by atoms with Gasteiger partial charge in [0.25, 0.3) is 0 Å². The highest BCUT2D eigenvalue weighted by Gasteiger charge is 2.19. The number of nitrogens with one attached hydrogen (secondary N) is 1. The molecule has 0 radical (unpaired) electrons. The highest BCUT2D eigenvalue weighted by atomic mass is 16.5. The summed E-state index contributed by atoms with van der Waals surface area (Å²) in [5.41, 5.74) is 1.11. The number of carbonyl (C=O) groups is 1. The van der Waals surface area contributed by atoms with Gasteiger partial charge >= 0.3 is 5.97 Å². The van der Waals surface area contributed by atoms with Crippen LogP contribution in [0.3, 0.4) is 0 Å². The summed E-state index contributed by atoms with van der Waals surface area (Å²) in [5, 5.41) is 3.26. The van der Waals surface area contributed by atoms with E-state index in [2.05, 4.69) is 5.32 Å². The van der Waals surface area contributed by atoms with Crippen LogP contribution in [0.5, 0.6) is 5.75 Å². The van der Waals surface area contributed by atoms with E-state index in [9.17, 15) is 4.79 Å². The first-order valence-corrected chi connectivity index (χ1v) is 6.10. The van der Waals surface area contributed by atoms with Gasteiger partial charge in [0.15, 0.2) is 0 Å². The van der Waals surface area contributed by atoms with E-state index in [4.69, 9.17) is 9.47 Å². The summed E-state index contributed by atoms with van der Waals surface area (Å²) in [6.07, 6.45) is 0.702.